The predicted octanol–water partition coefficient (Wildman–Crippen LogP) is 2.74. The fourth-order valence-electron chi connectivity index (χ4n) is 1.86. The number of nitrogens with one attached hydrogen (secondary N) is 1. The summed E-state index contributed by atoms with van der Waals surface area (Å²) < 4.78 is 1.99. The van der Waals surface area contributed by atoms with E-state index in [4.69, 9.17) is 0 Å². The maximum absolute atomic E-state index is 4.55. The van der Waals surface area contributed by atoms with E-state index in [0.29, 0.717) is 0 Å². The zero-order chi connectivity index (χ0) is 12.8. The standard InChI is InChI=1S/C15H21N3/c1-3-9-16-11-15-8-10-18(17-15)12-14-6-4-13(2)5-7-14/h4-8,10,16H,3,9,11-12H2,1-2H3. The third kappa shape index (κ3) is 3.70. The van der Waals surface area contributed by atoms with Crippen LogP contribution in [0.4, 0.5) is 0 Å². The van der Waals surface area contributed by atoms with Gasteiger partial charge in [-0.2, -0.15) is 5.10 Å². The van der Waals surface area contributed by atoms with Gasteiger partial charge in [-0.05, 0) is 31.5 Å². The summed E-state index contributed by atoms with van der Waals surface area (Å²) in [5, 5.41) is 7.91. The number of aromatic nitrogens is 2. The Morgan fingerprint density at radius 2 is 1.94 bits per heavy atom. The Morgan fingerprint density at radius 3 is 2.67 bits per heavy atom. The van der Waals surface area contributed by atoms with E-state index in [1.165, 1.54) is 11.1 Å². The van der Waals surface area contributed by atoms with Crippen molar-refractivity contribution in [1.29, 1.82) is 0 Å². The molecular formula is C15H21N3. The van der Waals surface area contributed by atoms with E-state index in [0.717, 1.165) is 31.7 Å². The van der Waals surface area contributed by atoms with Gasteiger partial charge >= 0.3 is 0 Å². The van der Waals surface area contributed by atoms with Crippen LogP contribution >= 0.6 is 0 Å². The molecule has 1 aromatic heterocycles. The van der Waals surface area contributed by atoms with Crippen LogP contribution in [0.15, 0.2) is 36.5 Å². The summed E-state index contributed by atoms with van der Waals surface area (Å²) in [5.41, 5.74) is 3.69. The van der Waals surface area contributed by atoms with Crippen LogP contribution in [0.2, 0.25) is 0 Å². The van der Waals surface area contributed by atoms with Gasteiger partial charge in [-0.1, -0.05) is 36.8 Å². The molecule has 2 rings (SSSR count). The average Bonchev–Trinajstić information content (AvgIpc) is 2.80. The van der Waals surface area contributed by atoms with Gasteiger partial charge in [-0.15, -0.1) is 0 Å². The Morgan fingerprint density at radius 1 is 1.17 bits per heavy atom. The maximum Gasteiger partial charge on any atom is 0.0762 e. The van der Waals surface area contributed by atoms with Crippen molar-refractivity contribution in [1.82, 2.24) is 15.1 Å². The summed E-state index contributed by atoms with van der Waals surface area (Å²) in [7, 11) is 0. The summed E-state index contributed by atoms with van der Waals surface area (Å²) in [4.78, 5) is 0. The van der Waals surface area contributed by atoms with E-state index in [9.17, 15) is 0 Å². The topological polar surface area (TPSA) is 29.9 Å². The number of rotatable bonds is 6. The molecule has 0 unspecified atom stereocenters. The van der Waals surface area contributed by atoms with Crippen LogP contribution in [0.3, 0.4) is 0 Å². The monoisotopic (exact) mass is 243 g/mol. The molecule has 0 aliphatic carbocycles. The smallest absolute Gasteiger partial charge is 0.0762 e. The minimum Gasteiger partial charge on any atom is -0.311 e. The molecule has 0 saturated heterocycles. The predicted molar refractivity (Wildman–Crippen MR) is 74.5 cm³/mol. The van der Waals surface area contributed by atoms with Gasteiger partial charge < -0.3 is 5.32 Å². The molecule has 96 valence electrons. The quantitative estimate of drug-likeness (QED) is 0.791. The first kappa shape index (κ1) is 12.8. The van der Waals surface area contributed by atoms with Crippen LogP contribution in [0.25, 0.3) is 0 Å². The molecule has 1 N–H and O–H groups in total. The molecule has 0 bridgehead atoms. The van der Waals surface area contributed by atoms with Gasteiger partial charge in [0, 0.05) is 12.7 Å². The van der Waals surface area contributed by atoms with Crippen LogP contribution in [-0.2, 0) is 13.1 Å². The van der Waals surface area contributed by atoms with Crippen molar-refractivity contribution in [3.05, 3.63) is 53.3 Å². The maximum atomic E-state index is 4.55. The van der Waals surface area contributed by atoms with Gasteiger partial charge in [-0.3, -0.25) is 4.68 Å². The van der Waals surface area contributed by atoms with Crippen LogP contribution in [0.1, 0.15) is 30.2 Å². The molecule has 18 heavy (non-hydrogen) atoms. The summed E-state index contributed by atoms with van der Waals surface area (Å²) >= 11 is 0. The second-order valence-corrected chi connectivity index (χ2v) is 4.67. The van der Waals surface area contributed by atoms with Gasteiger partial charge in [0.25, 0.3) is 0 Å². The van der Waals surface area contributed by atoms with Crippen molar-refractivity contribution in [3.63, 3.8) is 0 Å². The molecule has 0 fully saturated rings. The zero-order valence-electron chi connectivity index (χ0n) is 11.2. The lowest BCUT2D eigenvalue weighted by Gasteiger charge is -2.03. The van der Waals surface area contributed by atoms with Gasteiger partial charge in [-0.25, -0.2) is 0 Å². The summed E-state index contributed by atoms with van der Waals surface area (Å²) in [6, 6.07) is 10.7. The first-order valence-electron chi connectivity index (χ1n) is 6.56. The lowest BCUT2D eigenvalue weighted by atomic mass is 10.1. The third-order valence-electron chi connectivity index (χ3n) is 2.89. The molecular weight excluding hydrogens is 222 g/mol. The molecule has 2 aromatic rings. The fraction of sp³-hybridized carbons (Fsp3) is 0.400. The van der Waals surface area contributed by atoms with Crippen molar-refractivity contribution >= 4 is 0 Å². The van der Waals surface area contributed by atoms with E-state index in [2.05, 4.69) is 54.6 Å². The number of hydrogen-bond donors (Lipinski definition) is 1. The number of hydrogen-bond acceptors (Lipinski definition) is 2. The van der Waals surface area contributed by atoms with E-state index >= 15 is 0 Å². The number of nitrogens with zero attached hydrogens (tertiary/aromatic N) is 2. The van der Waals surface area contributed by atoms with E-state index < -0.39 is 0 Å². The molecule has 1 aromatic carbocycles. The van der Waals surface area contributed by atoms with E-state index in [1.54, 1.807) is 0 Å². The molecule has 0 aliphatic rings. The SMILES string of the molecule is CCCNCc1ccn(Cc2ccc(C)cc2)n1. The number of aryl methyl sites for hydroxylation is 1. The Bertz CT molecular complexity index is 471. The van der Waals surface area contributed by atoms with Crippen LogP contribution in [0.5, 0.6) is 0 Å². The van der Waals surface area contributed by atoms with Crippen molar-refractivity contribution in [2.45, 2.75) is 33.4 Å². The minimum atomic E-state index is 0.841. The van der Waals surface area contributed by atoms with Crippen LogP contribution in [0, 0.1) is 6.92 Å². The minimum absolute atomic E-state index is 0.841. The summed E-state index contributed by atoms with van der Waals surface area (Å²) in [5.74, 6) is 0. The fourth-order valence-corrected chi connectivity index (χ4v) is 1.86. The molecule has 0 amide bonds. The van der Waals surface area contributed by atoms with E-state index in [1.807, 2.05) is 10.9 Å². The molecule has 3 nitrogen and oxygen atoms in total. The lowest BCUT2D eigenvalue weighted by molar-refractivity contribution is 0.628. The lowest BCUT2D eigenvalue weighted by Crippen LogP contribution is -2.14. The normalized spacial score (nSPS) is 10.8. The summed E-state index contributed by atoms with van der Waals surface area (Å²) in [6.45, 7) is 7.02. The van der Waals surface area contributed by atoms with Gasteiger partial charge in [0.2, 0.25) is 0 Å². The largest absolute Gasteiger partial charge is 0.311 e. The Hall–Kier alpha value is -1.61. The first-order chi connectivity index (χ1) is 8.78. The second kappa shape index (κ2) is 6.36. The van der Waals surface area contributed by atoms with Gasteiger partial charge in [0.15, 0.2) is 0 Å². The van der Waals surface area contributed by atoms with Crippen molar-refractivity contribution < 1.29 is 0 Å². The van der Waals surface area contributed by atoms with Crippen molar-refractivity contribution in [3.8, 4) is 0 Å². The highest BCUT2D eigenvalue weighted by atomic mass is 15.3. The van der Waals surface area contributed by atoms with Crippen molar-refractivity contribution in [2.24, 2.45) is 0 Å². The van der Waals surface area contributed by atoms with Gasteiger partial charge in [0.1, 0.15) is 0 Å². The van der Waals surface area contributed by atoms with Crippen molar-refractivity contribution in [2.75, 3.05) is 6.54 Å². The first-order valence-corrected chi connectivity index (χ1v) is 6.56. The second-order valence-electron chi connectivity index (χ2n) is 4.67. The molecule has 0 saturated carbocycles. The van der Waals surface area contributed by atoms with Gasteiger partial charge in [0.05, 0.1) is 12.2 Å². The molecule has 0 atom stereocenters. The van der Waals surface area contributed by atoms with E-state index in [-0.39, 0.29) is 0 Å². The number of benzene rings is 1. The van der Waals surface area contributed by atoms with Crippen LogP contribution in [-0.4, -0.2) is 16.3 Å². The molecule has 0 spiro atoms. The Balaban J connectivity index is 1.91. The highest BCUT2D eigenvalue weighted by Crippen LogP contribution is 2.05. The third-order valence-corrected chi connectivity index (χ3v) is 2.89. The zero-order valence-corrected chi connectivity index (χ0v) is 11.2. The Labute approximate surface area is 109 Å². The molecule has 1 heterocycles. The summed E-state index contributed by atoms with van der Waals surface area (Å²) in [6.07, 6.45) is 3.20. The Kier molecular flexibility index (Phi) is 4.53. The molecule has 0 aliphatic heterocycles. The molecule has 3 heteroatoms. The highest BCUT2D eigenvalue weighted by molar-refractivity contribution is 5.21. The molecule has 0 radical (unpaired) electrons. The highest BCUT2D eigenvalue weighted by Gasteiger charge is 1.99. The van der Waals surface area contributed by atoms with Crippen LogP contribution < -0.4 is 5.32 Å². The average molecular weight is 243 g/mol.